The zero-order chi connectivity index (χ0) is 13.5. The molecule has 1 unspecified atom stereocenters. The number of fused-ring (bicyclic) bond motifs is 1. The van der Waals surface area contributed by atoms with Crippen molar-refractivity contribution in [3.05, 3.63) is 60.2 Å². The molecule has 0 bridgehead atoms. The maximum Gasteiger partial charge on any atom is 0.118 e. The van der Waals surface area contributed by atoms with Gasteiger partial charge in [-0.1, -0.05) is 43.3 Å². The van der Waals surface area contributed by atoms with Crippen molar-refractivity contribution in [2.45, 2.75) is 19.3 Å². The van der Waals surface area contributed by atoms with Gasteiger partial charge in [0.25, 0.3) is 0 Å². The molecule has 19 heavy (non-hydrogen) atoms. The van der Waals surface area contributed by atoms with E-state index in [4.69, 9.17) is 4.74 Å². The van der Waals surface area contributed by atoms with Crippen LogP contribution in [0.3, 0.4) is 0 Å². The van der Waals surface area contributed by atoms with Crippen LogP contribution in [0.4, 0.5) is 5.69 Å². The van der Waals surface area contributed by atoms with E-state index in [1.165, 1.54) is 17.7 Å². The normalized spacial score (nSPS) is 15.8. The van der Waals surface area contributed by atoms with Crippen molar-refractivity contribution < 1.29 is 4.74 Å². The van der Waals surface area contributed by atoms with Crippen LogP contribution in [0.5, 0.6) is 5.75 Å². The van der Waals surface area contributed by atoms with E-state index in [1.807, 2.05) is 30.3 Å². The Balaban J connectivity index is 0.000000148. The summed E-state index contributed by atoms with van der Waals surface area (Å²) < 4.78 is 4.91. The van der Waals surface area contributed by atoms with Gasteiger partial charge in [0, 0.05) is 18.2 Å². The van der Waals surface area contributed by atoms with Crippen LogP contribution in [-0.2, 0) is 0 Å². The Morgan fingerprint density at radius 2 is 1.74 bits per heavy atom. The quantitative estimate of drug-likeness (QED) is 0.863. The van der Waals surface area contributed by atoms with Crippen LogP contribution in [-0.4, -0.2) is 13.7 Å². The summed E-state index contributed by atoms with van der Waals surface area (Å²) in [6.07, 6.45) is 1.24. The number of ether oxygens (including phenoxy) is 1. The third-order valence-corrected chi connectivity index (χ3v) is 3.41. The molecule has 1 heterocycles. The van der Waals surface area contributed by atoms with Crippen LogP contribution in [0.1, 0.15) is 24.8 Å². The monoisotopic (exact) mass is 255 g/mol. The molecule has 2 heteroatoms. The summed E-state index contributed by atoms with van der Waals surface area (Å²) in [4.78, 5) is 0. The fourth-order valence-electron chi connectivity index (χ4n) is 2.28. The Morgan fingerprint density at radius 3 is 2.37 bits per heavy atom. The molecule has 1 aliphatic heterocycles. The van der Waals surface area contributed by atoms with E-state index in [-0.39, 0.29) is 0 Å². The standard InChI is InChI=1S/C10H13N.C7H8O/c1-2-8-7-11-10-6-4-3-5-9(8)10;1-8-7-5-3-2-4-6-7/h3-6,8,11H,2,7H2,1H3;2-6H,1H3. The highest BCUT2D eigenvalue weighted by molar-refractivity contribution is 5.57. The van der Waals surface area contributed by atoms with Gasteiger partial charge in [0.05, 0.1) is 7.11 Å². The number of anilines is 1. The lowest BCUT2D eigenvalue weighted by Crippen LogP contribution is -1.99. The van der Waals surface area contributed by atoms with Crippen LogP contribution >= 0.6 is 0 Å². The third kappa shape index (κ3) is 3.50. The zero-order valence-corrected chi connectivity index (χ0v) is 11.6. The summed E-state index contributed by atoms with van der Waals surface area (Å²) in [6, 6.07) is 18.3. The molecule has 0 radical (unpaired) electrons. The van der Waals surface area contributed by atoms with Crippen LogP contribution in [0, 0.1) is 0 Å². The second kappa shape index (κ2) is 6.83. The number of para-hydroxylation sites is 2. The van der Waals surface area contributed by atoms with Gasteiger partial charge < -0.3 is 10.1 Å². The van der Waals surface area contributed by atoms with Gasteiger partial charge in [-0.05, 0) is 30.2 Å². The lowest BCUT2D eigenvalue weighted by molar-refractivity contribution is 0.415. The predicted molar refractivity (Wildman–Crippen MR) is 81.0 cm³/mol. The van der Waals surface area contributed by atoms with Crippen molar-refractivity contribution in [1.82, 2.24) is 0 Å². The minimum Gasteiger partial charge on any atom is -0.497 e. The molecule has 3 rings (SSSR count). The maximum absolute atomic E-state index is 4.91. The van der Waals surface area contributed by atoms with Crippen molar-refractivity contribution in [1.29, 1.82) is 0 Å². The van der Waals surface area contributed by atoms with Gasteiger partial charge in [0.15, 0.2) is 0 Å². The van der Waals surface area contributed by atoms with Crippen molar-refractivity contribution in [2.24, 2.45) is 0 Å². The van der Waals surface area contributed by atoms with Gasteiger partial charge in [-0.2, -0.15) is 0 Å². The van der Waals surface area contributed by atoms with Crippen molar-refractivity contribution >= 4 is 5.69 Å². The molecule has 1 atom stereocenters. The predicted octanol–water partition coefficient (Wildman–Crippen LogP) is 4.30. The molecule has 1 N–H and O–H groups in total. The van der Waals surface area contributed by atoms with Crippen molar-refractivity contribution in [3.8, 4) is 5.75 Å². The van der Waals surface area contributed by atoms with E-state index in [0.29, 0.717) is 0 Å². The summed E-state index contributed by atoms with van der Waals surface area (Å²) >= 11 is 0. The summed E-state index contributed by atoms with van der Waals surface area (Å²) in [5, 5.41) is 3.40. The minimum absolute atomic E-state index is 0.742. The van der Waals surface area contributed by atoms with Gasteiger partial charge in [-0.25, -0.2) is 0 Å². The van der Waals surface area contributed by atoms with Gasteiger partial charge >= 0.3 is 0 Å². The first-order valence-electron chi connectivity index (χ1n) is 6.77. The van der Waals surface area contributed by atoms with E-state index in [2.05, 4.69) is 36.5 Å². The number of rotatable bonds is 2. The van der Waals surface area contributed by atoms with Crippen LogP contribution < -0.4 is 10.1 Å². The molecule has 0 spiro atoms. The zero-order valence-electron chi connectivity index (χ0n) is 11.6. The lowest BCUT2D eigenvalue weighted by Gasteiger charge is -2.04. The van der Waals surface area contributed by atoms with E-state index in [1.54, 1.807) is 7.11 Å². The molecule has 0 aliphatic carbocycles. The van der Waals surface area contributed by atoms with Crippen LogP contribution in [0.15, 0.2) is 54.6 Å². The Kier molecular flexibility index (Phi) is 4.85. The van der Waals surface area contributed by atoms with Crippen LogP contribution in [0.25, 0.3) is 0 Å². The molecular formula is C17H21NO. The lowest BCUT2D eigenvalue weighted by atomic mass is 9.99. The summed E-state index contributed by atoms with van der Waals surface area (Å²) in [6.45, 7) is 3.37. The Hall–Kier alpha value is -1.96. The van der Waals surface area contributed by atoms with Crippen LogP contribution in [0.2, 0.25) is 0 Å². The summed E-state index contributed by atoms with van der Waals surface area (Å²) in [5.41, 5.74) is 2.83. The van der Waals surface area contributed by atoms with Crippen molar-refractivity contribution in [3.63, 3.8) is 0 Å². The summed E-state index contributed by atoms with van der Waals surface area (Å²) in [5.74, 6) is 1.65. The van der Waals surface area contributed by atoms with E-state index < -0.39 is 0 Å². The summed E-state index contributed by atoms with van der Waals surface area (Å²) in [7, 11) is 1.66. The molecule has 2 aromatic rings. The smallest absolute Gasteiger partial charge is 0.118 e. The number of nitrogens with one attached hydrogen (secondary N) is 1. The number of benzene rings is 2. The highest BCUT2D eigenvalue weighted by Crippen LogP contribution is 2.32. The molecule has 2 aromatic carbocycles. The Morgan fingerprint density at radius 1 is 1.05 bits per heavy atom. The molecule has 0 aromatic heterocycles. The average Bonchev–Trinajstić information content (AvgIpc) is 2.92. The third-order valence-electron chi connectivity index (χ3n) is 3.41. The van der Waals surface area contributed by atoms with E-state index in [9.17, 15) is 0 Å². The second-order valence-corrected chi connectivity index (χ2v) is 4.59. The molecule has 0 fully saturated rings. The van der Waals surface area contributed by atoms with E-state index >= 15 is 0 Å². The maximum atomic E-state index is 4.91. The first-order chi connectivity index (χ1) is 9.35. The van der Waals surface area contributed by atoms with Gasteiger partial charge in [0.1, 0.15) is 5.75 Å². The first kappa shape index (κ1) is 13.5. The second-order valence-electron chi connectivity index (χ2n) is 4.59. The average molecular weight is 255 g/mol. The topological polar surface area (TPSA) is 21.3 Å². The molecule has 2 nitrogen and oxygen atoms in total. The fourth-order valence-corrected chi connectivity index (χ4v) is 2.28. The molecule has 0 amide bonds. The molecule has 0 saturated heterocycles. The van der Waals surface area contributed by atoms with Gasteiger partial charge in [-0.3, -0.25) is 0 Å². The number of methoxy groups -OCH3 is 1. The highest BCUT2D eigenvalue weighted by Gasteiger charge is 2.18. The largest absolute Gasteiger partial charge is 0.497 e. The van der Waals surface area contributed by atoms with Gasteiger partial charge in [-0.15, -0.1) is 0 Å². The Bertz CT molecular complexity index is 496. The fraction of sp³-hybridized carbons (Fsp3) is 0.294. The van der Waals surface area contributed by atoms with E-state index in [0.717, 1.165) is 18.2 Å². The molecule has 0 saturated carbocycles. The molecule has 1 aliphatic rings. The highest BCUT2D eigenvalue weighted by atomic mass is 16.5. The Labute approximate surface area is 115 Å². The number of hydrogen-bond acceptors (Lipinski definition) is 2. The number of hydrogen-bond donors (Lipinski definition) is 1. The minimum atomic E-state index is 0.742. The molecular weight excluding hydrogens is 234 g/mol. The van der Waals surface area contributed by atoms with Crippen molar-refractivity contribution in [2.75, 3.05) is 19.0 Å². The SMILES string of the molecule is CCC1CNc2ccccc21.COc1ccccc1. The van der Waals surface area contributed by atoms with Gasteiger partial charge in [0.2, 0.25) is 0 Å². The first-order valence-corrected chi connectivity index (χ1v) is 6.77. The molecule has 100 valence electrons.